The minimum absolute atomic E-state index is 0.0905. The number of carbonyl (C=O) groups is 1. The van der Waals surface area contributed by atoms with Gasteiger partial charge in [-0.05, 0) is 35.2 Å². The summed E-state index contributed by atoms with van der Waals surface area (Å²) in [6.07, 6.45) is 2.10. The summed E-state index contributed by atoms with van der Waals surface area (Å²) >= 11 is 12.4. The van der Waals surface area contributed by atoms with Crippen LogP contribution in [0.1, 0.15) is 16.7 Å². The highest BCUT2D eigenvalue weighted by Crippen LogP contribution is 2.36. The SMILES string of the molecule is COc1c(Cl)cc(Cl)cc1CCNC(=O)C1(N2CCNCC2)Cc2ccccc2C1. The van der Waals surface area contributed by atoms with Gasteiger partial charge in [0.05, 0.1) is 12.1 Å². The third kappa shape index (κ3) is 4.17. The van der Waals surface area contributed by atoms with Crippen molar-refractivity contribution in [3.63, 3.8) is 0 Å². The topological polar surface area (TPSA) is 53.6 Å². The van der Waals surface area contributed by atoms with Gasteiger partial charge in [0.25, 0.3) is 0 Å². The first-order valence-corrected chi connectivity index (χ1v) is 11.1. The maximum absolute atomic E-state index is 13.6. The number of nitrogens with zero attached hydrogens (tertiary/aromatic N) is 1. The summed E-state index contributed by atoms with van der Waals surface area (Å²) in [5.74, 6) is 0.702. The van der Waals surface area contributed by atoms with Crippen molar-refractivity contribution in [2.45, 2.75) is 24.8 Å². The van der Waals surface area contributed by atoms with Crippen LogP contribution in [0.5, 0.6) is 5.75 Å². The van der Waals surface area contributed by atoms with Crippen LogP contribution in [0.2, 0.25) is 10.0 Å². The highest BCUT2D eigenvalue weighted by molar-refractivity contribution is 6.35. The van der Waals surface area contributed by atoms with Gasteiger partial charge in [-0.1, -0.05) is 47.5 Å². The number of rotatable bonds is 6. The van der Waals surface area contributed by atoms with Gasteiger partial charge < -0.3 is 15.4 Å². The molecule has 5 nitrogen and oxygen atoms in total. The van der Waals surface area contributed by atoms with Crippen molar-refractivity contribution in [1.29, 1.82) is 0 Å². The molecule has 0 unspecified atom stereocenters. The van der Waals surface area contributed by atoms with Crippen LogP contribution in [0.15, 0.2) is 36.4 Å². The second kappa shape index (κ2) is 9.15. The average molecular weight is 448 g/mol. The molecule has 1 aliphatic heterocycles. The van der Waals surface area contributed by atoms with Crippen molar-refractivity contribution < 1.29 is 9.53 Å². The van der Waals surface area contributed by atoms with Crippen molar-refractivity contribution in [1.82, 2.24) is 15.5 Å². The standard InChI is InChI=1S/C23H27Cl2N3O2/c1-30-21-16(12-19(24)13-20(21)25)6-7-27-22(29)23(28-10-8-26-9-11-28)14-17-4-2-3-5-18(17)15-23/h2-5,12-13,26H,6-11,14-15H2,1H3,(H,27,29). The fourth-order valence-corrected chi connectivity index (χ4v) is 5.33. The van der Waals surface area contributed by atoms with Gasteiger partial charge in [-0.3, -0.25) is 9.69 Å². The van der Waals surface area contributed by atoms with E-state index in [0.29, 0.717) is 28.8 Å². The van der Waals surface area contributed by atoms with Crippen LogP contribution in [0.25, 0.3) is 0 Å². The monoisotopic (exact) mass is 447 g/mol. The molecule has 0 spiro atoms. The van der Waals surface area contributed by atoms with Gasteiger partial charge in [-0.2, -0.15) is 0 Å². The molecule has 2 N–H and O–H groups in total. The van der Waals surface area contributed by atoms with Crippen LogP contribution in [-0.4, -0.2) is 56.2 Å². The fraction of sp³-hybridized carbons (Fsp3) is 0.435. The van der Waals surface area contributed by atoms with Crippen LogP contribution in [0.3, 0.4) is 0 Å². The first-order valence-electron chi connectivity index (χ1n) is 10.4. The van der Waals surface area contributed by atoms with E-state index in [2.05, 4.69) is 39.8 Å². The molecule has 30 heavy (non-hydrogen) atoms. The number of hydrogen-bond acceptors (Lipinski definition) is 4. The minimum atomic E-state index is -0.526. The van der Waals surface area contributed by atoms with E-state index in [-0.39, 0.29) is 5.91 Å². The number of ether oxygens (including phenoxy) is 1. The van der Waals surface area contributed by atoms with Crippen molar-refractivity contribution in [2.75, 3.05) is 39.8 Å². The molecule has 2 aliphatic rings. The van der Waals surface area contributed by atoms with Gasteiger partial charge >= 0.3 is 0 Å². The molecule has 1 heterocycles. The summed E-state index contributed by atoms with van der Waals surface area (Å²) in [5, 5.41) is 7.63. The molecule has 1 aliphatic carbocycles. The van der Waals surface area contributed by atoms with Crippen molar-refractivity contribution in [3.05, 3.63) is 63.1 Å². The number of hydrogen-bond donors (Lipinski definition) is 2. The smallest absolute Gasteiger partial charge is 0.241 e. The predicted molar refractivity (Wildman–Crippen MR) is 121 cm³/mol. The Labute approximate surface area is 187 Å². The Hall–Kier alpha value is -1.79. The largest absolute Gasteiger partial charge is 0.495 e. The van der Waals surface area contributed by atoms with E-state index in [1.54, 1.807) is 13.2 Å². The van der Waals surface area contributed by atoms with E-state index < -0.39 is 5.54 Å². The molecular formula is C23H27Cl2N3O2. The summed E-state index contributed by atoms with van der Waals surface area (Å²) in [6.45, 7) is 4.06. The third-order valence-corrected chi connectivity index (χ3v) is 6.70. The lowest BCUT2D eigenvalue weighted by Gasteiger charge is -2.42. The second-order valence-electron chi connectivity index (χ2n) is 7.98. The number of halogens is 2. The number of carbonyl (C=O) groups excluding carboxylic acids is 1. The molecule has 1 amide bonds. The third-order valence-electron chi connectivity index (χ3n) is 6.20. The van der Waals surface area contributed by atoms with Gasteiger partial charge in [-0.15, -0.1) is 0 Å². The van der Waals surface area contributed by atoms with Crippen molar-refractivity contribution >= 4 is 29.1 Å². The Morgan fingerprint density at radius 1 is 1.17 bits per heavy atom. The zero-order valence-corrected chi connectivity index (χ0v) is 18.7. The first-order chi connectivity index (χ1) is 14.5. The number of amides is 1. The Bertz CT molecular complexity index is 904. The van der Waals surface area contributed by atoms with E-state index in [1.807, 2.05) is 6.07 Å². The van der Waals surface area contributed by atoms with E-state index in [0.717, 1.165) is 44.6 Å². The molecule has 1 fully saturated rings. The van der Waals surface area contributed by atoms with Crippen LogP contribution in [0, 0.1) is 0 Å². The second-order valence-corrected chi connectivity index (χ2v) is 8.82. The molecule has 4 rings (SSSR count). The lowest BCUT2D eigenvalue weighted by Crippen LogP contribution is -2.64. The van der Waals surface area contributed by atoms with E-state index in [4.69, 9.17) is 27.9 Å². The Morgan fingerprint density at radius 2 is 1.83 bits per heavy atom. The average Bonchev–Trinajstić information content (AvgIpc) is 3.15. The molecule has 2 aromatic carbocycles. The predicted octanol–water partition coefficient (Wildman–Crippen LogP) is 3.10. The Balaban J connectivity index is 1.50. The number of fused-ring (bicyclic) bond motifs is 1. The van der Waals surface area contributed by atoms with E-state index >= 15 is 0 Å². The normalized spacial score (nSPS) is 18.1. The zero-order valence-electron chi connectivity index (χ0n) is 17.1. The molecule has 0 aromatic heterocycles. The number of nitrogens with one attached hydrogen (secondary N) is 2. The lowest BCUT2D eigenvalue weighted by molar-refractivity contribution is -0.133. The maximum atomic E-state index is 13.6. The molecule has 7 heteroatoms. The highest BCUT2D eigenvalue weighted by atomic mass is 35.5. The molecule has 0 radical (unpaired) electrons. The number of methoxy groups -OCH3 is 1. The summed E-state index contributed by atoms with van der Waals surface area (Å²) in [6, 6.07) is 11.9. The zero-order chi connectivity index (χ0) is 21.1. The number of benzene rings is 2. The summed E-state index contributed by atoms with van der Waals surface area (Å²) < 4.78 is 5.43. The fourth-order valence-electron chi connectivity index (χ4n) is 4.72. The first kappa shape index (κ1) is 21.4. The van der Waals surface area contributed by atoms with Crippen LogP contribution >= 0.6 is 23.2 Å². The highest BCUT2D eigenvalue weighted by Gasteiger charge is 2.48. The van der Waals surface area contributed by atoms with Crippen molar-refractivity contribution in [3.8, 4) is 5.75 Å². The molecule has 160 valence electrons. The molecule has 0 atom stereocenters. The Morgan fingerprint density at radius 3 is 2.47 bits per heavy atom. The van der Waals surface area contributed by atoms with Crippen LogP contribution in [-0.2, 0) is 24.1 Å². The molecule has 2 aromatic rings. The summed E-state index contributed by atoms with van der Waals surface area (Å²) in [5.41, 5.74) is 2.91. The molecule has 1 saturated heterocycles. The van der Waals surface area contributed by atoms with Gasteiger partial charge in [0.15, 0.2) is 0 Å². The summed E-state index contributed by atoms with van der Waals surface area (Å²) in [7, 11) is 1.59. The van der Waals surface area contributed by atoms with Crippen LogP contribution < -0.4 is 15.4 Å². The van der Waals surface area contributed by atoms with Gasteiger partial charge in [0.1, 0.15) is 11.3 Å². The molecule has 0 saturated carbocycles. The van der Waals surface area contributed by atoms with E-state index in [9.17, 15) is 4.79 Å². The van der Waals surface area contributed by atoms with Crippen LogP contribution in [0.4, 0.5) is 0 Å². The van der Waals surface area contributed by atoms with Gasteiger partial charge in [0, 0.05) is 50.6 Å². The van der Waals surface area contributed by atoms with Gasteiger partial charge in [-0.25, -0.2) is 0 Å². The maximum Gasteiger partial charge on any atom is 0.241 e. The van der Waals surface area contributed by atoms with Gasteiger partial charge in [0.2, 0.25) is 5.91 Å². The minimum Gasteiger partial charge on any atom is -0.495 e. The summed E-state index contributed by atoms with van der Waals surface area (Å²) in [4.78, 5) is 15.9. The van der Waals surface area contributed by atoms with Crippen molar-refractivity contribution in [2.24, 2.45) is 0 Å². The quantitative estimate of drug-likeness (QED) is 0.714. The number of piperazine rings is 1. The lowest BCUT2D eigenvalue weighted by atomic mass is 9.91. The molecular weight excluding hydrogens is 421 g/mol. The molecule has 0 bridgehead atoms. The van der Waals surface area contributed by atoms with E-state index in [1.165, 1.54) is 11.1 Å². The Kier molecular flexibility index (Phi) is 6.54.